The maximum Gasteiger partial charge on any atom is 0.322 e. The second kappa shape index (κ2) is 5.45. The predicted molar refractivity (Wildman–Crippen MR) is 80.5 cm³/mol. The molecule has 1 aromatic rings. The molecule has 1 atom stereocenters. The Kier molecular flexibility index (Phi) is 3.72. The second-order valence-corrected chi connectivity index (χ2v) is 6.34. The van der Waals surface area contributed by atoms with Crippen molar-refractivity contribution in [2.24, 2.45) is 5.92 Å². The minimum Gasteiger partial charge on any atom is -0.480 e. The van der Waals surface area contributed by atoms with Gasteiger partial charge in [-0.15, -0.1) is 0 Å². The number of rotatable bonds is 3. The number of nitrogens with one attached hydrogen (secondary N) is 1. The van der Waals surface area contributed by atoms with Crippen LogP contribution in [-0.2, 0) is 19.8 Å². The lowest BCUT2D eigenvalue weighted by Gasteiger charge is -2.46. The zero-order valence-electron chi connectivity index (χ0n) is 12.1. The van der Waals surface area contributed by atoms with Crippen LogP contribution in [0.25, 0.3) is 0 Å². The van der Waals surface area contributed by atoms with E-state index in [0.717, 1.165) is 6.42 Å². The van der Waals surface area contributed by atoms with E-state index in [-0.39, 0.29) is 5.56 Å². The number of carbonyl (C=O) groups is 4. The van der Waals surface area contributed by atoms with Gasteiger partial charge in [0.15, 0.2) is 17.5 Å². The SMILES string of the molecule is O=C(O)CNC(=O)C1C(=O)c2cc(Cl)ccc2C2(CCC2)C1=O. The molecular formula is C16H14ClNO5. The number of ketones is 2. The number of halogens is 1. The monoisotopic (exact) mass is 335 g/mol. The Morgan fingerprint density at radius 1 is 1.30 bits per heavy atom. The molecule has 1 aromatic carbocycles. The Morgan fingerprint density at radius 3 is 2.57 bits per heavy atom. The normalized spacial score (nSPS) is 21.5. The summed E-state index contributed by atoms with van der Waals surface area (Å²) in [6.07, 6.45) is 2.00. The van der Waals surface area contributed by atoms with Gasteiger partial charge in [-0.2, -0.15) is 0 Å². The average Bonchev–Trinajstić information content (AvgIpc) is 2.44. The van der Waals surface area contributed by atoms with Crippen molar-refractivity contribution >= 4 is 35.0 Å². The summed E-state index contributed by atoms with van der Waals surface area (Å²) >= 11 is 5.95. The Bertz CT molecular complexity index is 738. The van der Waals surface area contributed by atoms with Crippen molar-refractivity contribution in [3.05, 3.63) is 34.3 Å². The molecular weight excluding hydrogens is 322 g/mol. The fourth-order valence-corrected chi connectivity index (χ4v) is 3.54. The number of aliphatic carboxylic acids is 1. The first-order valence-electron chi connectivity index (χ1n) is 7.25. The van der Waals surface area contributed by atoms with Gasteiger partial charge in [-0.1, -0.05) is 24.1 Å². The number of Topliss-reactive ketones (excluding diaryl/α,β-unsaturated/α-hetero) is 2. The molecule has 120 valence electrons. The van der Waals surface area contributed by atoms with Crippen molar-refractivity contribution in [1.29, 1.82) is 0 Å². The Morgan fingerprint density at radius 2 is 2.00 bits per heavy atom. The van der Waals surface area contributed by atoms with Gasteiger partial charge in [0.05, 0.1) is 5.41 Å². The largest absolute Gasteiger partial charge is 0.480 e. The molecule has 0 radical (unpaired) electrons. The van der Waals surface area contributed by atoms with Gasteiger partial charge in [-0.05, 0) is 30.5 Å². The summed E-state index contributed by atoms with van der Waals surface area (Å²) in [7, 11) is 0. The fourth-order valence-electron chi connectivity index (χ4n) is 3.37. The first-order chi connectivity index (χ1) is 10.9. The highest BCUT2D eigenvalue weighted by atomic mass is 35.5. The smallest absolute Gasteiger partial charge is 0.322 e. The zero-order chi connectivity index (χ0) is 16.8. The van der Waals surface area contributed by atoms with Crippen molar-refractivity contribution in [2.45, 2.75) is 24.7 Å². The van der Waals surface area contributed by atoms with Crippen LogP contribution in [0.3, 0.4) is 0 Å². The minimum atomic E-state index is -1.50. The van der Waals surface area contributed by atoms with E-state index < -0.39 is 41.3 Å². The second-order valence-electron chi connectivity index (χ2n) is 5.90. The average molecular weight is 336 g/mol. The van der Waals surface area contributed by atoms with Crippen molar-refractivity contribution in [3.63, 3.8) is 0 Å². The van der Waals surface area contributed by atoms with Crippen molar-refractivity contribution in [3.8, 4) is 0 Å². The summed E-state index contributed by atoms with van der Waals surface area (Å²) in [5, 5.41) is 11.1. The van der Waals surface area contributed by atoms with Crippen LogP contribution in [0, 0.1) is 5.92 Å². The van der Waals surface area contributed by atoms with Gasteiger partial charge >= 0.3 is 5.97 Å². The van der Waals surface area contributed by atoms with Crippen LogP contribution in [-0.4, -0.2) is 35.1 Å². The molecule has 7 heteroatoms. The van der Waals surface area contributed by atoms with E-state index in [1.807, 2.05) is 0 Å². The quantitative estimate of drug-likeness (QED) is 0.812. The molecule has 1 amide bonds. The van der Waals surface area contributed by atoms with Gasteiger partial charge in [0.2, 0.25) is 5.91 Å². The van der Waals surface area contributed by atoms with E-state index in [4.69, 9.17) is 16.7 Å². The third-order valence-electron chi connectivity index (χ3n) is 4.64. The van der Waals surface area contributed by atoms with E-state index in [9.17, 15) is 19.2 Å². The van der Waals surface area contributed by atoms with Crippen LogP contribution in [0.15, 0.2) is 18.2 Å². The highest BCUT2D eigenvalue weighted by Gasteiger charge is 2.56. The first-order valence-corrected chi connectivity index (χ1v) is 7.63. The Balaban J connectivity index is 2.03. The van der Waals surface area contributed by atoms with Crippen LogP contribution >= 0.6 is 11.6 Å². The number of carboxylic acids is 1. The molecule has 1 saturated carbocycles. The van der Waals surface area contributed by atoms with Crippen molar-refractivity contribution in [1.82, 2.24) is 5.32 Å². The highest BCUT2D eigenvalue weighted by molar-refractivity contribution is 6.33. The lowest BCUT2D eigenvalue weighted by molar-refractivity contribution is -0.142. The third kappa shape index (κ3) is 2.34. The molecule has 3 rings (SSSR count). The lowest BCUT2D eigenvalue weighted by Crippen LogP contribution is -2.56. The number of carboxylic acid groups (broad SMARTS) is 1. The number of benzene rings is 1. The minimum absolute atomic E-state index is 0.285. The molecule has 23 heavy (non-hydrogen) atoms. The maximum absolute atomic E-state index is 12.8. The van der Waals surface area contributed by atoms with Gasteiger partial charge in [0.1, 0.15) is 6.54 Å². The molecule has 6 nitrogen and oxygen atoms in total. The van der Waals surface area contributed by atoms with Gasteiger partial charge in [-0.25, -0.2) is 0 Å². The molecule has 0 aromatic heterocycles. The van der Waals surface area contributed by atoms with Gasteiger partial charge in [0.25, 0.3) is 0 Å². The number of amides is 1. The van der Waals surface area contributed by atoms with Crippen LogP contribution in [0.4, 0.5) is 0 Å². The predicted octanol–water partition coefficient (Wildman–Crippen LogP) is 1.34. The van der Waals surface area contributed by atoms with Crippen LogP contribution in [0.5, 0.6) is 0 Å². The van der Waals surface area contributed by atoms with Crippen molar-refractivity contribution in [2.75, 3.05) is 6.54 Å². The molecule has 1 unspecified atom stereocenters. The van der Waals surface area contributed by atoms with E-state index in [1.165, 1.54) is 6.07 Å². The molecule has 2 aliphatic carbocycles. The first kappa shape index (κ1) is 15.7. The summed E-state index contributed by atoms with van der Waals surface area (Å²) in [6, 6.07) is 4.78. The van der Waals surface area contributed by atoms with Crippen molar-refractivity contribution < 1.29 is 24.3 Å². The summed E-state index contributed by atoms with van der Waals surface area (Å²) in [4.78, 5) is 48.2. The number of hydrogen-bond donors (Lipinski definition) is 2. The fraction of sp³-hybridized carbons (Fsp3) is 0.375. The summed E-state index contributed by atoms with van der Waals surface area (Å²) in [5.41, 5.74) is 0.0942. The van der Waals surface area contributed by atoms with E-state index in [2.05, 4.69) is 5.32 Å². The topological polar surface area (TPSA) is 101 Å². The highest BCUT2D eigenvalue weighted by Crippen LogP contribution is 2.50. The van der Waals surface area contributed by atoms with Gasteiger partial charge in [0, 0.05) is 10.6 Å². The van der Waals surface area contributed by atoms with Crippen LogP contribution < -0.4 is 5.32 Å². The van der Waals surface area contributed by atoms with E-state index in [0.29, 0.717) is 23.4 Å². The lowest BCUT2D eigenvalue weighted by atomic mass is 9.55. The Labute approximate surface area is 136 Å². The molecule has 1 spiro atoms. The van der Waals surface area contributed by atoms with E-state index >= 15 is 0 Å². The molecule has 2 N–H and O–H groups in total. The summed E-state index contributed by atoms with van der Waals surface area (Å²) < 4.78 is 0. The Hall–Kier alpha value is -2.21. The molecule has 0 saturated heterocycles. The third-order valence-corrected chi connectivity index (χ3v) is 4.88. The van der Waals surface area contributed by atoms with Gasteiger partial charge < -0.3 is 10.4 Å². The van der Waals surface area contributed by atoms with Crippen LogP contribution in [0.1, 0.15) is 35.2 Å². The number of hydrogen-bond acceptors (Lipinski definition) is 4. The van der Waals surface area contributed by atoms with E-state index in [1.54, 1.807) is 12.1 Å². The molecule has 1 fully saturated rings. The molecule has 0 heterocycles. The number of fused-ring (bicyclic) bond motifs is 2. The standard InChI is InChI=1S/C16H14ClNO5/c17-8-2-3-10-9(6-8)13(21)12(15(23)18-7-11(19)20)14(22)16(10)4-1-5-16/h2-3,6,12H,1,4-5,7H2,(H,18,23)(H,19,20). The molecule has 2 aliphatic rings. The molecule has 0 bridgehead atoms. The summed E-state index contributed by atoms with van der Waals surface area (Å²) in [5.74, 6) is -4.66. The number of carbonyl (C=O) groups excluding carboxylic acids is 3. The maximum atomic E-state index is 12.8. The zero-order valence-corrected chi connectivity index (χ0v) is 12.9. The summed E-state index contributed by atoms with van der Waals surface area (Å²) in [6.45, 7) is -0.634. The molecule has 0 aliphatic heterocycles. The van der Waals surface area contributed by atoms with Crippen LogP contribution in [0.2, 0.25) is 5.02 Å². The van der Waals surface area contributed by atoms with Gasteiger partial charge in [-0.3, -0.25) is 19.2 Å².